The zero-order valence-corrected chi connectivity index (χ0v) is 13.6. The normalized spacial score (nSPS) is 21.1. The largest absolute Gasteiger partial charge is 0.480 e. The number of carboxylic acid groups (broad SMARTS) is 1. The van der Waals surface area contributed by atoms with Crippen molar-refractivity contribution >= 4 is 11.9 Å². The van der Waals surface area contributed by atoms with Crippen LogP contribution in [0, 0.1) is 11.8 Å². The van der Waals surface area contributed by atoms with Crippen molar-refractivity contribution in [2.24, 2.45) is 11.8 Å². The number of aliphatic carboxylic acids is 1. The molecule has 4 heteroatoms. The molecule has 122 valence electrons. The Morgan fingerprint density at radius 1 is 1.29 bits per heavy atom. The Balaban J connectivity index is 2.45. The molecule has 1 saturated heterocycles. The molecule has 0 aromatic carbocycles. The summed E-state index contributed by atoms with van der Waals surface area (Å²) in [5.41, 5.74) is 0. The Morgan fingerprint density at radius 2 is 2.00 bits per heavy atom. The molecule has 1 fully saturated rings. The first-order valence-electron chi connectivity index (χ1n) is 8.56. The Morgan fingerprint density at radius 3 is 2.67 bits per heavy atom. The second-order valence-corrected chi connectivity index (χ2v) is 6.44. The van der Waals surface area contributed by atoms with Gasteiger partial charge >= 0.3 is 5.97 Å². The maximum Gasteiger partial charge on any atom is 0.323 e. The molecule has 2 atom stereocenters. The second-order valence-electron chi connectivity index (χ2n) is 6.44. The Labute approximate surface area is 128 Å². The van der Waals surface area contributed by atoms with Crippen molar-refractivity contribution in [1.29, 1.82) is 0 Å². The number of hydrogen-bond acceptors (Lipinski definition) is 2. The topological polar surface area (TPSA) is 57.6 Å². The fourth-order valence-corrected chi connectivity index (χ4v) is 3.25. The summed E-state index contributed by atoms with van der Waals surface area (Å²) in [7, 11) is 0. The molecule has 4 nitrogen and oxygen atoms in total. The van der Waals surface area contributed by atoms with Crippen LogP contribution in [0.3, 0.4) is 0 Å². The summed E-state index contributed by atoms with van der Waals surface area (Å²) in [6, 6.07) is 0. The summed E-state index contributed by atoms with van der Waals surface area (Å²) >= 11 is 0. The molecule has 0 saturated carbocycles. The molecule has 1 amide bonds. The minimum atomic E-state index is -0.906. The van der Waals surface area contributed by atoms with Crippen molar-refractivity contribution in [3.8, 4) is 0 Å². The molecule has 1 rings (SSSR count). The molecule has 1 N–H and O–H groups in total. The number of carboxylic acids is 1. The smallest absolute Gasteiger partial charge is 0.323 e. The monoisotopic (exact) mass is 297 g/mol. The molecule has 1 aliphatic rings. The van der Waals surface area contributed by atoms with Gasteiger partial charge in [0.1, 0.15) is 6.54 Å². The zero-order chi connectivity index (χ0) is 15.7. The lowest BCUT2D eigenvalue weighted by molar-refractivity contribution is -0.146. The van der Waals surface area contributed by atoms with Gasteiger partial charge in [-0.15, -0.1) is 0 Å². The van der Waals surface area contributed by atoms with Crippen molar-refractivity contribution in [2.75, 3.05) is 13.1 Å². The van der Waals surface area contributed by atoms with Crippen molar-refractivity contribution in [3.05, 3.63) is 0 Å². The van der Waals surface area contributed by atoms with Crippen LogP contribution in [-0.2, 0) is 9.59 Å². The van der Waals surface area contributed by atoms with Crippen LogP contribution < -0.4 is 0 Å². The van der Waals surface area contributed by atoms with Crippen LogP contribution in [0.4, 0.5) is 0 Å². The number of unbranched alkanes of at least 4 members (excludes halogenated alkanes) is 4. The number of nitrogens with zero attached hydrogens (tertiary/aromatic N) is 1. The maximum absolute atomic E-state index is 12.5. The SMILES string of the molecule is CCCCCCCC(C)C1CCCCN(CC(=O)O)C1=O. The van der Waals surface area contributed by atoms with E-state index in [0.29, 0.717) is 12.5 Å². The van der Waals surface area contributed by atoms with Crippen LogP contribution in [0.25, 0.3) is 0 Å². The molecule has 1 heterocycles. The van der Waals surface area contributed by atoms with Crippen LogP contribution in [0.2, 0.25) is 0 Å². The fraction of sp³-hybridized carbons (Fsp3) is 0.882. The van der Waals surface area contributed by atoms with Gasteiger partial charge in [-0.3, -0.25) is 9.59 Å². The highest BCUT2D eigenvalue weighted by Crippen LogP contribution is 2.28. The van der Waals surface area contributed by atoms with Gasteiger partial charge in [-0.2, -0.15) is 0 Å². The molecule has 0 spiro atoms. The fourth-order valence-electron chi connectivity index (χ4n) is 3.25. The van der Waals surface area contributed by atoms with E-state index in [0.717, 1.165) is 25.7 Å². The third kappa shape index (κ3) is 6.49. The summed E-state index contributed by atoms with van der Waals surface area (Å²) < 4.78 is 0. The molecule has 0 radical (unpaired) electrons. The number of likely N-dealkylation sites (tertiary alicyclic amines) is 1. The lowest BCUT2D eigenvalue weighted by Crippen LogP contribution is -2.40. The van der Waals surface area contributed by atoms with E-state index in [2.05, 4.69) is 13.8 Å². The van der Waals surface area contributed by atoms with E-state index in [9.17, 15) is 9.59 Å². The first-order chi connectivity index (χ1) is 10.1. The van der Waals surface area contributed by atoms with Gasteiger partial charge in [0.25, 0.3) is 0 Å². The van der Waals surface area contributed by atoms with Crippen molar-refractivity contribution in [1.82, 2.24) is 4.90 Å². The summed E-state index contributed by atoms with van der Waals surface area (Å²) in [6.45, 7) is 4.83. The van der Waals surface area contributed by atoms with E-state index in [1.165, 1.54) is 32.1 Å². The number of carbonyl (C=O) groups is 2. The molecule has 0 aromatic rings. The summed E-state index contributed by atoms with van der Waals surface area (Å²) in [5, 5.41) is 8.93. The van der Waals surface area contributed by atoms with Crippen molar-refractivity contribution < 1.29 is 14.7 Å². The van der Waals surface area contributed by atoms with Gasteiger partial charge < -0.3 is 10.0 Å². The van der Waals surface area contributed by atoms with E-state index in [4.69, 9.17) is 5.11 Å². The van der Waals surface area contributed by atoms with Crippen molar-refractivity contribution in [2.45, 2.75) is 71.6 Å². The molecule has 2 unspecified atom stereocenters. The van der Waals surface area contributed by atoms with Crippen LogP contribution >= 0.6 is 0 Å². The lowest BCUT2D eigenvalue weighted by Gasteiger charge is -2.26. The first-order valence-corrected chi connectivity index (χ1v) is 8.56. The summed E-state index contributed by atoms with van der Waals surface area (Å²) in [5.74, 6) is -0.446. The van der Waals surface area contributed by atoms with Crippen LogP contribution in [0.5, 0.6) is 0 Å². The van der Waals surface area contributed by atoms with Gasteiger partial charge in [0.15, 0.2) is 0 Å². The highest BCUT2D eigenvalue weighted by molar-refractivity contribution is 5.83. The second kappa shape index (κ2) is 9.80. The van der Waals surface area contributed by atoms with Gasteiger partial charge in [-0.05, 0) is 25.2 Å². The number of carbonyl (C=O) groups excluding carboxylic acids is 1. The molecular formula is C17H31NO3. The lowest BCUT2D eigenvalue weighted by atomic mass is 9.85. The molecule has 0 aromatic heterocycles. The molecule has 0 bridgehead atoms. The highest BCUT2D eigenvalue weighted by atomic mass is 16.4. The van der Waals surface area contributed by atoms with Crippen LogP contribution in [0.15, 0.2) is 0 Å². The first kappa shape index (κ1) is 18.0. The zero-order valence-electron chi connectivity index (χ0n) is 13.6. The molecule has 0 aliphatic carbocycles. The van der Waals surface area contributed by atoms with Gasteiger partial charge in [-0.25, -0.2) is 0 Å². The Bertz CT molecular complexity index is 330. The van der Waals surface area contributed by atoms with E-state index in [-0.39, 0.29) is 18.4 Å². The number of hydrogen-bond donors (Lipinski definition) is 1. The predicted octanol–water partition coefficient (Wildman–Crippen LogP) is 3.70. The minimum absolute atomic E-state index is 0.0259. The van der Waals surface area contributed by atoms with E-state index in [1.807, 2.05) is 0 Å². The molecular weight excluding hydrogens is 266 g/mol. The minimum Gasteiger partial charge on any atom is -0.480 e. The average Bonchev–Trinajstić information content (AvgIpc) is 2.61. The van der Waals surface area contributed by atoms with E-state index >= 15 is 0 Å². The van der Waals surface area contributed by atoms with Gasteiger partial charge in [0.2, 0.25) is 5.91 Å². The summed E-state index contributed by atoms with van der Waals surface area (Å²) in [6.07, 6.45) is 10.2. The maximum atomic E-state index is 12.5. The van der Waals surface area contributed by atoms with Crippen LogP contribution in [-0.4, -0.2) is 35.0 Å². The average molecular weight is 297 g/mol. The van der Waals surface area contributed by atoms with Gasteiger partial charge in [0.05, 0.1) is 0 Å². The molecule has 1 aliphatic heterocycles. The Kier molecular flexibility index (Phi) is 8.40. The molecule has 21 heavy (non-hydrogen) atoms. The van der Waals surface area contributed by atoms with Crippen LogP contribution in [0.1, 0.15) is 71.6 Å². The van der Waals surface area contributed by atoms with Gasteiger partial charge in [0, 0.05) is 12.5 Å². The highest BCUT2D eigenvalue weighted by Gasteiger charge is 2.31. The summed E-state index contributed by atoms with van der Waals surface area (Å²) in [4.78, 5) is 24.9. The van der Waals surface area contributed by atoms with E-state index < -0.39 is 5.97 Å². The number of rotatable bonds is 9. The number of amides is 1. The third-order valence-corrected chi connectivity index (χ3v) is 4.60. The standard InChI is InChI=1S/C17H31NO3/c1-3-4-5-6-7-10-14(2)15-11-8-9-12-18(17(15)21)13-16(19)20/h14-15H,3-13H2,1-2H3,(H,19,20). The quantitative estimate of drug-likeness (QED) is 0.660. The predicted molar refractivity (Wildman–Crippen MR) is 84.1 cm³/mol. The Hall–Kier alpha value is -1.06. The third-order valence-electron chi connectivity index (χ3n) is 4.60. The van der Waals surface area contributed by atoms with Crippen molar-refractivity contribution in [3.63, 3.8) is 0 Å². The van der Waals surface area contributed by atoms with E-state index in [1.54, 1.807) is 4.90 Å². The van der Waals surface area contributed by atoms with Gasteiger partial charge in [-0.1, -0.05) is 52.4 Å².